The molecule has 0 bridgehead atoms. The topological polar surface area (TPSA) is 62.7 Å². The van der Waals surface area contributed by atoms with Gasteiger partial charge in [-0.25, -0.2) is 9.78 Å². The fraction of sp³-hybridized carbons (Fsp3) is 0.407. The summed E-state index contributed by atoms with van der Waals surface area (Å²) >= 11 is 1.70. The molecule has 1 aliphatic rings. The summed E-state index contributed by atoms with van der Waals surface area (Å²) in [6.45, 7) is 10.2. The van der Waals surface area contributed by atoms with Gasteiger partial charge in [-0.3, -0.25) is 0 Å². The molecule has 2 heterocycles. The third-order valence-electron chi connectivity index (χ3n) is 6.43. The number of hydrogen-bond donors (Lipinski definition) is 1. The minimum atomic E-state index is -0.966. The number of hydrogen-bond acceptors (Lipinski definition) is 5. The Morgan fingerprint density at radius 1 is 1.15 bits per heavy atom. The third-order valence-corrected chi connectivity index (χ3v) is 7.55. The molecule has 6 heteroatoms. The van der Waals surface area contributed by atoms with Crippen molar-refractivity contribution in [1.82, 2.24) is 9.88 Å². The van der Waals surface area contributed by atoms with E-state index in [0.717, 1.165) is 27.4 Å². The number of carbonyl (C=O) groups is 1. The van der Waals surface area contributed by atoms with Gasteiger partial charge in [0.1, 0.15) is 10.6 Å². The van der Waals surface area contributed by atoms with E-state index in [1.807, 2.05) is 44.2 Å². The molecule has 2 aromatic carbocycles. The van der Waals surface area contributed by atoms with Gasteiger partial charge in [0.25, 0.3) is 0 Å². The van der Waals surface area contributed by atoms with Crippen LogP contribution in [0.3, 0.4) is 0 Å². The number of aliphatic hydroxyl groups is 1. The maximum Gasteiger partial charge on any atom is 0.411 e. The minimum Gasteiger partial charge on any atom is -0.438 e. The number of aromatic nitrogens is 1. The highest BCUT2D eigenvalue weighted by Crippen LogP contribution is 2.42. The molecule has 1 fully saturated rings. The highest BCUT2D eigenvalue weighted by molar-refractivity contribution is 7.15. The molecule has 1 saturated heterocycles. The molecule has 1 amide bonds. The molecule has 1 aliphatic heterocycles. The molecule has 0 spiro atoms. The third kappa shape index (κ3) is 4.97. The number of nitrogens with zero attached hydrogens (tertiary/aromatic N) is 2. The van der Waals surface area contributed by atoms with Crippen LogP contribution in [0.15, 0.2) is 54.6 Å². The van der Waals surface area contributed by atoms with Crippen LogP contribution in [-0.4, -0.2) is 33.2 Å². The normalized spacial score (nSPS) is 19.9. The van der Waals surface area contributed by atoms with Crippen molar-refractivity contribution >= 4 is 17.4 Å². The molecule has 4 rings (SSSR count). The Balaban J connectivity index is 1.53. The van der Waals surface area contributed by atoms with Crippen molar-refractivity contribution < 1.29 is 14.6 Å². The summed E-state index contributed by atoms with van der Waals surface area (Å²) in [6.07, 6.45) is 0.615. The maximum atomic E-state index is 13.2. The van der Waals surface area contributed by atoms with Gasteiger partial charge in [0.05, 0.1) is 17.3 Å². The average Bonchev–Trinajstić information content (AvgIpc) is 3.11. The van der Waals surface area contributed by atoms with E-state index in [1.165, 1.54) is 4.88 Å². The summed E-state index contributed by atoms with van der Waals surface area (Å²) in [7, 11) is 0. The van der Waals surface area contributed by atoms with Crippen LogP contribution in [0.4, 0.5) is 4.79 Å². The smallest absolute Gasteiger partial charge is 0.411 e. The van der Waals surface area contributed by atoms with E-state index in [2.05, 4.69) is 36.2 Å². The summed E-state index contributed by atoms with van der Waals surface area (Å²) < 4.78 is 6.12. The fourth-order valence-corrected chi connectivity index (χ4v) is 5.49. The van der Waals surface area contributed by atoms with E-state index < -0.39 is 11.2 Å². The van der Waals surface area contributed by atoms with E-state index in [4.69, 9.17) is 4.74 Å². The molecule has 33 heavy (non-hydrogen) atoms. The Morgan fingerprint density at radius 3 is 2.36 bits per heavy atom. The monoisotopic (exact) mass is 464 g/mol. The lowest BCUT2D eigenvalue weighted by Gasteiger charge is -2.45. The lowest BCUT2D eigenvalue weighted by atomic mass is 9.80. The second-order valence-corrected chi connectivity index (χ2v) is 10.8. The number of rotatable bonds is 6. The first-order valence-corrected chi connectivity index (χ1v) is 12.2. The molecule has 1 unspecified atom stereocenters. The van der Waals surface area contributed by atoms with E-state index in [1.54, 1.807) is 30.1 Å². The van der Waals surface area contributed by atoms with Gasteiger partial charge in [0.15, 0.2) is 0 Å². The largest absolute Gasteiger partial charge is 0.438 e. The lowest BCUT2D eigenvalue weighted by molar-refractivity contribution is -0.101. The van der Waals surface area contributed by atoms with Crippen molar-refractivity contribution in [2.45, 2.75) is 64.7 Å². The van der Waals surface area contributed by atoms with Crippen molar-refractivity contribution in [3.8, 4) is 10.6 Å². The van der Waals surface area contributed by atoms with Crippen LogP contribution >= 0.6 is 11.3 Å². The van der Waals surface area contributed by atoms with Gasteiger partial charge in [-0.05, 0) is 45.7 Å². The first-order chi connectivity index (χ1) is 15.6. The minimum absolute atomic E-state index is 0.123. The Labute approximate surface area is 200 Å². The molecule has 0 aliphatic carbocycles. The summed E-state index contributed by atoms with van der Waals surface area (Å²) in [6, 6.07) is 17.9. The van der Waals surface area contributed by atoms with Crippen LogP contribution in [-0.2, 0) is 10.3 Å². The van der Waals surface area contributed by atoms with E-state index >= 15 is 0 Å². The van der Waals surface area contributed by atoms with Crippen LogP contribution in [0.25, 0.3) is 10.6 Å². The number of cyclic esters (lactones) is 1. The number of ether oxygens (including phenoxy) is 1. The quantitative estimate of drug-likeness (QED) is 0.459. The maximum absolute atomic E-state index is 13.2. The Kier molecular flexibility index (Phi) is 6.34. The molecular weight excluding hydrogens is 432 g/mol. The number of carbonyl (C=O) groups excluding carboxylic acids is 1. The van der Waals surface area contributed by atoms with Crippen LogP contribution in [0.5, 0.6) is 0 Å². The van der Waals surface area contributed by atoms with E-state index in [9.17, 15) is 9.90 Å². The van der Waals surface area contributed by atoms with Crippen molar-refractivity contribution in [2.75, 3.05) is 6.54 Å². The molecule has 3 aromatic rings. The van der Waals surface area contributed by atoms with Gasteiger partial charge in [0.2, 0.25) is 0 Å². The van der Waals surface area contributed by atoms with Crippen molar-refractivity contribution in [3.63, 3.8) is 0 Å². The van der Waals surface area contributed by atoms with Crippen LogP contribution in [0, 0.1) is 13.8 Å². The summed E-state index contributed by atoms with van der Waals surface area (Å²) in [5, 5.41) is 11.6. The molecular formula is C27H32N2O3S. The van der Waals surface area contributed by atoms with Gasteiger partial charge in [0, 0.05) is 29.8 Å². The van der Waals surface area contributed by atoms with Crippen LogP contribution in [0.1, 0.15) is 61.4 Å². The summed E-state index contributed by atoms with van der Waals surface area (Å²) in [4.78, 5) is 20.9. The summed E-state index contributed by atoms with van der Waals surface area (Å²) in [5.41, 5.74) is 2.32. The molecule has 174 valence electrons. The standard InChI is InChI=1S/C27H32N2O3S/c1-18-20(3)33-24(28-18)22-13-11-21(12-14-22)19(2)29-16-15-27(32-25(29)30,17-26(4,5)31)23-9-7-6-8-10-23/h6-14,19,31H,15-17H2,1-5H3/t19-,27?/m0/s1. The predicted octanol–water partition coefficient (Wildman–Crippen LogP) is 6.39. The zero-order valence-electron chi connectivity index (χ0n) is 20.0. The molecule has 5 nitrogen and oxygen atoms in total. The zero-order chi connectivity index (χ0) is 23.8. The Morgan fingerprint density at radius 2 is 1.82 bits per heavy atom. The average molecular weight is 465 g/mol. The van der Waals surface area contributed by atoms with Crippen molar-refractivity contribution in [1.29, 1.82) is 0 Å². The Hall–Kier alpha value is -2.70. The fourth-order valence-electron chi connectivity index (χ4n) is 4.57. The number of benzene rings is 2. The number of thiazole rings is 1. The van der Waals surface area contributed by atoms with Gasteiger partial charge >= 0.3 is 6.09 Å². The molecule has 1 N–H and O–H groups in total. The summed E-state index contributed by atoms with van der Waals surface area (Å²) in [5.74, 6) is 0. The Bertz CT molecular complexity index is 1100. The van der Waals surface area contributed by atoms with E-state index in [0.29, 0.717) is 19.4 Å². The molecule has 0 radical (unpaired) electrons. The second kappa shape index (κ2) is 8.92. The zero-order valence-corrected chi connectivity index (χ0v) is 20.8. The van der Waals surface area contributed by atoms with Crippen molar-refractivity contribution in [3.05, 3.63) is 76.3 Å². The van der Waals surface area contributed by atoms with Crippen LogP contribution in [0.2, 0.25) is 0 Å². The highest BCUT2D eigenvalue weighted by Gasteiger charge is 2.46. The SMILES string of the molecule is Cc1nc(-c2ccc([C@H](C)N3CCC(CC(C)(C)O)(c4ccccc4)OC3=O)cc2)sc1C. The second-order valence-electron chi connectivity index (χ2n) is 9.62. The van der Waals surface area contributed by atoms with Gasteiger partial charge < -0.3 is 14.7 Å². The van der Waals surface area contributed by atoms with Gasteiger partial charge in [-0.1, -0.05) is 54.6 Å². The van der Waals surface area contributed by atoms with E-state index in [-0.39, 0.29) is 12.1 Å². The van der Waals surface area contributed by atoms with Gasteiger partial charge in [-0.15, -0.1) is 11.3 Å². The molecule has 0 saturated carbocycles. The van der Waals surface area contributed by atoms with Crippen LogP contribution < -0.4 is 0 Å². The van der Waals surface area contributed by atoms with Gasteiger partial charge in [-0.2, -0.15) is 0 Å². The highest BCUT2D eigenvalue weighted by atomic mass is 32.1. The number of aryl methyl sites for hydroxylation is 2. The predicted molar refractivity (Wildman–Crippen MR) is 132 cm³/mol. The molecule has 1 aromatic heterocycles. The van der Waals surface area contributed by atoms with Crippen molar-refractivity contribution in [2.24, 2.45) is 0 Å². The molecule has 2 atom stereocenters. The number of amides is 1. The lowest BCUT2D eigenvalue weighted by Crippen LogP contribution is -2.51. The first-order valence-electron chi connectivity index (χ1n) is 11.4. The first kappa shape index (κ1) is 23.5.